The van der Waals surface area contributed by atoms with E-state index in [4.69, 9.17) is 0 Å². The highest BCUT2D eigenvalue weighted by atomic mass is 19.2. The molecule has 0 amide bonds. The molecule has 5 aromatic heterocycles. The van der Waals surface area contributed by atoms with Gasteiger partial charge in [0.1, 0.15) is 5.92 Å². The van der Waals surface area contributed by atoms with Crippen LogP contribution in [0.4, 0.5) is 8.63 Å². The molecule has 8 aromatic rings. The number of nitrogens with one attached hydrogen (secondary N) is 1. The molecule has 288 valence electrons. The van der Waals surface area contributed by atoms with Crippen LogP contribution in [0.5, 0.6) is 0 Å². The van der Waals surface area contributed by atoms with Gasteiger partial charge in [-0.25, -0.2) is 0 Å². The molecule has 7 heterocycles. The number of aromatic nitrogens is 5. The van der Waals surface area contributed by atoms with Crippen LogP contribution in [0.1, 0.15) is 89.3 Å². The Morgan fingerprint density at radius 1 is 0.483 bits per heavy atom. The quantitative estimate of drug-likeness (QED) is 0.137. The molecular weight excluding hydrogens is 719 g/mol. The van der Waals surface area contributed by atoms with Crippen molar-refractivity contribution in [3.8, 4) is 11.6 Å². The van der Waals surface area contributed by atoms with Gasteiger partial charge >= 0.3 is 6.97 Å². The van der Waals surface area contributed by atoms with E-state index in [-0.39, 0.29) is 0 Å². The first-order chi connectivity index (χ1) is 27.7. The predicted octanol–water partition coefficient (Wildman–Crippen LogP) is 9.89. The lowest BCUT2D eigenvalue weighted by molar-refractivity contribution is 0.515. The van der Waals surface area contributed by atoms with Crippen LogP contribution in [0.2, 0.25) is 0 Å². The normalized spacial score (nSPS) is 14.2. The lowest BCUT2D eigenvalue weighted by Gasteiger charge is -2.40. The Balaban J connectivity index is 1.36. The van der Waals surface area contributed by atoms with Crippen molar-refractivity contribution in [2.75, 3.05) is 0 Å². The Labute approximate surface area is 338 Å². The summed E-state index contributed by atoms with van der Waals surface area (Å²) >= 11 is 0. The van der Waals surface area contributed by atoms with Crippen LogP contribution in [-0.2, 0) is 0 Å². The topological polar surface area (TPSA) is 35.5 Å². The largest absolute Gasteiger partial charge is 0.538 e. The van der Waals surface area contributed by atoms with Gasteiger partial charge in [0.15, 0.2) is 0 Å². The van der Waals surface area contributed by atoms with Gasteiger partial charge in [-0.15, -0.1) is 0 Å². The third-order valence-corrected chi connectivity index (χ3v) is 12.4. The number of nitrogens with zero attached hydrogens (tertiary/aromatic N) is 4. The molecule has 3 aromatic carbocycles. The van der Waals surface area contributed by atoms with Crippen LogP contribution >= 0.6 is 0 Å². The highest BCUT2D eigenvalue weighted by Gasteiger charge is 2.48. The summed E-state index contributed by atoms with van der Waals surface area (Å²) in [7, 11) is 0. The lowest BCUT2D eigenvalue weighted by atomic mass is 9.79. The van der Waals surface area contributed by atoms with Crippen LogP contribution in [0.25, 0.3) is 22.8 Å². The molecule has 0 saturated heterocycles. The molecule has 0 fully saturated rings. The number of rotatable bonds is 3. The smallest absolute Gasteiger partial charge is 0.437 e. The van der Waals surface area contributed by atoms with Gasteiger partial charge in [0.25, 0.3) is 0 Å². The maximum atomic E-state index is 18.0. The van der Waals surface area contributed by atoms with Crippen LogP contribution in [0.15, 0.2) is 110 Å². The first-order valence-electron chi connectivity index (χ1n) is 20.1. The van der Waals surface area contributed by atoms with E-state index in [1.54, 1.807) is 0 Å². The zero-order chi connectivity index (χ0) is 40.5. The van der Waals surface area contributed by atoms with Gasteiger partial charge in [-0.3, -0.25) is 0 Å². The summed E-state index contributed by atoms with van der Waals surface area (Å²) in [6.45, 7) is 14.8. The predicted molar refractivity (Wildman–Crippen MR) is 232 cm³/mol. The minimum absolute atomic E-state index is 0.404. The molecule has 0 unspecified atom stereocenters. The summed E-state index contributed by atoms with van der Waals surface area (Å²) < 4.78 is 42.3. The summed E-state index contributed by atoms with van der Waals surface area (Å²) in [5, 5.41) is 1.92. The first-order valence-corrected chi connectivity index (χ1v) is 20.1. The number of halogens is 2. The summed E-state index contributed by atoms with van der Waals surface area (Å²) in [4.78, 5) is 3.90. The monoisotopic (exact) mass is 765 g/mol. The van der Waals surface area contributed by atoms with Gasteiger partial charge in [-0.2, -0.15) is 0 Å². The van der Waals surface area contributed by atoms with Crippen LogP contribution in [0, 0.1) is 68.2 Å². The van der Waals surface area contributed by atoms with Crippen molar-refractivity contribution in [2.45, 2.75) is 62.3 Å². The summed E-state index contributed by atoms with van der Waals surface area (Å²) in [6.07, 6.45) is 7.87. The van der Waals surface area contributed by atoms with Gasteiger partial charge in [0, 0.05) is 93.2 Å². The summed E-state index contributed by atoms with van der Waals surface area (Å²) in [5.74, 6) is 1.61. The van der Waals surface area contributed by atoms with Crippen molar-refractivity contribution in [2.24, 2.45) is 0 Å². The molecule has 0 aliphatic carbocycles. The van der Waals surface area contributed by atoms with Crippen LogP contribution in [-0.4, -0.2) is 30.0 Å². The molecule has 1 N–H and O–H groups in total. The average Bonchev–Trinajstić information content (AvgIpc) is 3.98. The van der Waals surface area contributed by atoms with Gasteiger partial charge < -0.3 is 31.7 Å². The van der Waals surface area contributed by atoms with Crippen molar-refractivity contribution < 1.29 is 8.63 Å². The molecular formula is C50H46BF2N5. The third kappa shape index (κ3) is 5.16. The molecule has 0 radical (unpaired) electrons. The second-order valence-electron chi connectivity index (χ2n) is 16.8. The van der Waals surface area contributed by atoms with E-state index in [9.17, 15) is 0 Å². The second-order valence-corrected chi connectivity index (χ2v) is 16.8. The number of aryl methyl sites for hydroxylation is 9. The standard InChI is InChI=1S/C50H46BF2N5/c1-28-20-31(4)45(32(5)21-28)48-37-16-18-55(26-37)43-14-12-41-50(47-35(8)24-30(3)25-36(47)9)42-13-15-44(58(42)51(52,53)57(41)43)56-19-17-38(27-56)49(40-11-10-39(48)54-40)46-33(6)22-29(2)23-34(46)7/h10-27,54H,1-9H3. The maximum absolute atomic E-state index is 18.0. The maximum Gasteiger partial charge on any atom is 0.538 e. The molecule has 8 bridgehead atoms. The molecule has 10 rings (SSSR count). The molecule has 0 saturated carbocycles. The van der Waals surface area contributed by atoms with E-state index < -0.39 is 6.97 Å². The Bertz CT molecular complexity index is 2910. The van der Waals surface area contributed by atoms with E-state index in [1.165, 1.54) is 20.1 Å². The second kappa shape index (κ2) is 12.5. The molecule has 2 aliphatic heterocycles. The summed E-state index contributed by atoms with van der Waals surface area (Å²) in [5.41, 5.74) is 18.4. The highest BCUT2D eigenvalue weighted by Crippen LogP contribution is 2.45. The Kier molecular flexibility index (Phi) is 7.78. The number of hydrogen-bond donors (Lipinski definition) is 1. The van der Waals surface area contributed by atoms with Crippen LogP contribution in [0.3, 0.4) is 0 Å². The Morgan fingerprint density at radius 2 is 0.862 bits per heavy atom. The number of hydrogen-bond acceptors (Lipinski definition) is 0. The molecule has 0 atom stereocenters. The molecule has 0 spiro atoms. The highest BCUT2D eigenvalue weighted by molar-refractivity contribution is 6.64. The van der Waals surface area contributed by atoms with E-state index in [0.29, 0.717) is 23.0 Å². The SMILES string of the molecule is Cc1cc(C)c(C2=c3ccc([nH]3)=C(c3c(C)cc(C)cc3C)c3ccn(c3)-c3ccc4n3[B-](F)(F)n3c(ccc3-n3ccc2c3)[C+]4c2c(C)cc(C)cc2C)c(C)c1. The molecule has 58 heavy (non-hydrogen) atoms. The van der Waals surface area contributed by atoms with E-state index >= 15 is 8.63 Å². The third-order valence-electron chi connectivity index (χ3n) is 12.4. The Hall–Kier alpha value is -6.41. The van der Waals surface area contributed by atoms with Crippen molar-refractivity contribution in [3.63, 3.8) is 0 Å². The van der Waals surface area contributed by atoms with Crippen LogP contribution < -0.4 is 10.7 Å². The fourth-order valence-corrected chi connectivity index (χ4v) is 10.5. The number of H-pyrrole nitrogens is 1. The fourth-order valence-electron chi connectivity index (χ4n) is 10.5. The fraction of sp³-hybridized carbons (Fsp3) is 0.180. The van der Waals surface area contributed by atoms with Crippen molar-refractivity contribution in [1.29, 1.82) is 0 Å². The minimum atomic E-state index is -4.38. The van der Waals surface area contributed by atoms with E-state index in [2.05, 4.69) is 128 Å². The number of aromatic amines is 1. The van der Waals surface area contributed by atoms with Gasteiger partial charge in [-0.1, -0.05) is 35.4 Å². The lowest BCUT2D eigenvalue weighted by Crippen LogP contribution is -2.50. The summed E-state index contributed by atoms with van der Waals surface area (Å²) in [6, 6.07) is 29.1. The minimum Gasteiger partial charge on any atom is -0.437 e. The zero-order valence-corrected chi connectivity index (χ0v) is 34.5. The Morgan fingerprint density at radius 3 is 1.26 bits per heavy atom. The first kappa shape index (κ1) is 36.0. The average molecular weight is 766 g/mol. The zero-order valence-electron chi connectivity index (χ0n) is 34.5. The van der Waals surface area contributed by atoms with E-state index in [1.807, 2.05) is 58.2 Å². The van der Waals surface area contributed by atoms with Crippen molar-refractivity contribution >= 4 is 18.1 Å². The van der Waals surface area contributed by atoms with Crippen molar-refractivity contribution in [1.82, 2.24) is 23.1 Å². The van der Waals surface area contributed by atoms with Gasteiger partial charge in [-0.05, 0) is 138 Å². The van der Waals surface area contributed by atoms with Gasteiger partial charge in [0.2, 0.25) is 0 Å². The number of benzene rings is 3. The van der Waals surface area contributed by atoms with Gasteiger partial charge in [0.05, 0.1) is 28.6 Å². The number of fused-ring (bicyclic) bond motifs is 8. The van der Waals surface area contributed by atoms with Crippen molar-refractivity contribution in [3.05, 3.63) is 216 Å². The molecule has 5 nitrogen and oxygen atoms in total. The molecule has 8 heteroatoms. The van der Waals surface area contributed by atoms with E-state index in [0.717, 1.165) is 94.5 Å². The molecule has 2 aliphatic rings.